The third kappa shape index (κ3) is 3.90. The first-order valence-electron chi connectivity index (χ1n) is 9.28. The van der Waals surface area contributed by atoms with Crippen molar-refractivity contribution in [3.8, 4) is 10.7 Å². The molecule has 0 saturated heterocycles. The van der Waals surface area contributed by atoms with Gasteiger partial charge in [-0.1, -0.05) is 18.2 Å². The van der Waals surface area contributed by atoms with Gasteiger partial charge in [0.1, 0.15) is 10.7 Å². The van der Waals surface area contributed by atoms with Gasteiger partial charge in [0.15, 0.2) is 0 Å². The summed E-state index contributed by atoms with van der Waals surface area (Å²) in [6, 6.07) is 17.3. The van der Waals surface area contributed by atoms with Crippen molar-refractivity contribution in [1.82, 2.24) is 9.55 Å². The van der Waals surface area contributed by atoms with Crippen LogP contribution in [-0.2, 0) is 11.3 Å². The van der Waals surface area contributed by atoms with E-state index in [0.717, 1.165) is 28.1 Å². The predicted octanol–water partition coefficient (Wildman–Crippen LogP) is 5.00. The second-order valence-corrected chi connectivity index (χ2v) is 7.44. The molecule has 0 bridgehead atoms. The number of para-hydroxylation sites is 1. The van der Waals surface area contributed by atoms with Gasteiger partial charge in [0.2, 0.25) is 5.91 Å². The van der Waals surface area contributed by atoms with Crippen molar-refractivity contribution in [2.24, 2.45) is 0 Å². The molecular weight excluding hydrogens is 384 g/mol. The number of amides is 2. The van der Waals surface area contributed by atoms with Crippen LogP contribution in [-0.4, -0.2) is 21.4 Å². The number of anilines is 2. The van der Waals surface area contributed by atoms with Gasteiger partial charge in [-0.3, -0.25) is 9.59 Å². The van der Waals surface area contributed by atoms with E-state index < -0.39 is 0 Å². The Balaban J connectivity index is 1.55. The smallest absolute Gasteiger partial charge is 0.275 e. The summed E-state index contributed by atoms with van der Waals surface area (Å²) >= 11 is 1.46. The maximum absolute atomic E-state index is 12.6. The maximum atomic E-state index is 12.6. The average molecular weight is 404 g/mol. The van der Waals surface area contributed by atoms with Crippen molar-refractivity contribution >= 4 is 45.4 Å². The molecule has 4 aromatic rings. The minimum Gasteiger partial charge on any atom is -0.339 e. The number of benzene rings is 2. The van der Waals surface area contributed by atoms with Gasteiger partial charge in [-0.25, -0.2) is 4.98 Å². The van der Waals surface area contributed by atoms with Crippen molar-refractivity contribution in [1.29, 1.82) is 0 Å². The van der Waals surface area contributed by atoms with E-state index in [9.17, 15) is 9.59 Å². The Morgan fingerprint density at radius 1 is 1.03 bits per heavy atom. The lowest BCUT2D eigenvalue weighted by molar-refractivity contribution is -0.114. The van der Waals surface area contributed by atoms with Crippen molar-refractivity contribution in [2.45, 2.75) is 20.4 Å². The zero-order chi connectivity index (χ0) is 20.4. The lowest BCUT2D eigenvalue weighted by Crippen LogP contribution is -2.12. The van der Waals surface area contributed by atoms with Crippen molar-refractivity contribution in [2.75, 3.05) is 10.6 Å². The fourth-order valence-electron chi connectivity index (χ4n) is 3.26. The molecule has 0 aliphatic carbocycles. The zero-order valence-corrected chi connectivity index (χ0v) is 16.9. The van der Waals surface area contributed by atoms with Gasteiger partial charge in [0.05, 0.1) is 5.69 Å². The molecule has 0 radical (unpaired) electrons. The molecule has 0 spiro atoms. The van der Waals surface area contributed by atoms with Crippen LogP contribution in [0.2, 0.25) is 0 Å². The number of aryl methyl sites for hydroxylation is 1. The number of nitrogens with zero attached hydrogens (tertiary/aromatic N) is 2. The summed E-state index contributed by atoms with van der Waals surface area (Å²) in [5, 5.41) is 9.28. The number of carbonyl (C=O) groups excluding carboxylic acids is 2. The number of hydrogen-bond acceptors (Lipinski definition) is 4. The van der Waals surface area contributed by atoms with Crippen LogP contribution in [0.3, 0.4) is 0 Å². The fraction of sp³-hybridized carbons (Fsp3) is 0.136. The van der Waals surface area contributed by atoms with Crippen LogP contribution in [0.1, 0.15) is 24.3 Å². The highest BCUT2D eigenvalue weighted by molar-refractivity contribution is 7.13. The van der Waals surface area contributed by atoms with Crippen LogP contribution < -0.4 is 10.6 Å². The van der Waals surface area contributed by atoms with Gasteiger partial charge in [-0.15, -0.1) is 11.3 Å². The van der Waals surface area contributed by atoms with Crippen molar-refractivity contribution in [3.63, 3.8) is 0 Å². The third-order valence-corrected chi connectivity index (χ3v) is 5.41. The summed E-state index contributed by atoms with van der Waals surface area (Å²) < 4.78 is 2.20. The zero-order valence-electron chi connectivity index (χ0n) is 16.1. The van der Waals surface area contributed by atoms with E-state index in [1.165, 1.54) is 18.3 Å². The number of fused-ring (bicyclic) bond motifs is 1. The molecular formula is C22H20N4O2S. The lowest BCUT2D eigenvalue weighted by atomic mass is 10.2. The SMILES string of the molecule is CCn1c(-c2nc(C(=O)Nc3ccc(NC(C)=O)cc3)cs2)cc2ccccc21. The molecule has 2 amide bonds. The Morgan fingerprint density at radius 3 is 2.41 bits per heavy atom. The molecule has 0 aliphatic rings. The Labute approximate surface area is 172 Å². The molecule has 2 heterocycles. The van der Waals surface area contributed by atoms with Crippen LogP contribution in [0, 0.1) is 0 Å². The minimum atomic E-state index is -0.265. The Morgan fingerprint density at radius 2 is 1.72 bits per heavy atom. The van der Waals surface area contributed by atoms with Gasteiger partial charge in [-0.2, -0.15) is 0 Å². The quantitative estimate of drug-likeness (QED) is 0.492. The van der Waals surface area contributed by atoms with E-state index in [-0.39, 0.29) is 11.8 Å². The minimum absolute atomic E-state index is 0.138. The standard InChI is InChI=1S/C22H20N4O2S/c1-3-26-19-7-5-4-6-15(19)12-20(26)22-25-18(13-29-22)21(28)24-17-10-8-16(9-11-17)23-14(2)27/h4-13H,3H2,1-2H3,(H,23,27)(H,24,28). The van der Waals surface area contributed by atoms with E-state index in [4.69, 9.17) is 0 Å². The summed E-state index contributed by atoms with van der Waals surface area (Å²) in [5.41, 5.74) is 3.87. The number of nitrogens with one attached hydrogen (secondary N) is 2. The number of thiazole rings is 1. The Kier molecular flexibility index (Phi) is 5.14. The van der Waals surface area contributed by atoms with E-state index in [1.807, 2.05) is 12.1 Å². The molecule has 4 rings (SSSR count). The van der Waals surface area contributed by atoms with Gasteiger partial charge in [0, 0.05) is 41.1 Å². The second-order valence-electron chi connectivity index (χ2n) is 6.58. The lowest BCUT2D eigenvalue weighted by Gasteiger charge is -2.06. The monoisotopic (exact) mass is 404 g/mol. The molecule has 2 N–H and O–H groups in total. The van der Waals surface area contributed by atoms with E-state index in [0.29, 0.717) is 17.1 Å². The third-order valence-electron chi connectivity index (χ3n) is 4.55. The summed E-state index contributed by atoms with van der Waals surface area (Å²) in [6.45, 7) is 4.37. The molecule has 6 nitrogen and oxygen atoms in total. The molecule has 0 aliphatic heterocycles. The average Bonchev–Trinajstić information content (AvgIpc) is 3.33. The molecule has 0 atom stereocenters. The number of carbonyl (C=O) groups is 2. The number of rotatable bonds is 5. The van der Waals surface area contributed by atoms with Gasteiger partial charge in [0.25, 0.3) is 5.91 Å². The van der Waals surface area contributed by atoms with Crippen LogP contribution >= 0.6 is 11.3 Å². The van der Waals surface area contributed by atoms with Crippen molar-refractivity contribution < 1.29 is 9.59 Å². The van der Waals surface area contributed by atoms with Crippen LogP contribution in [0.5, 0.6) is 0 Å². The molecule has 0 fully saturated rings. The summed E-state index contributed by atoms with van der Waals surface area (Å²) in [6.07, 6.45) is 0. The van der Waals surface area contributed by atoms with Gasteiger partial charge >= 0.3 is 0 Å². The van der Waals surface area contributed by atoms with E-state index >= 15 is 0 Å². The van der Waals surface area contributed by atoms with E-state index in [2.05, 4.69) is 45.3 Å². The molecule has 29 heavy (non-hydrogen) atoms. The summed E-state index contributed by atoms with van der Waals surface area (Å²) in [7, 11) is 0. The molecule has 0 unspecified atom stereocenters. The highest BCUT2D eigenvalue weighted by Crippen LogP contribution is 2.30. The topological polar surface area (TPSA) is 76.0 Å². The first-order chi connectivity index (χ1) is 14.0. The summed E-state index contributed by atoms with van der Waals surface area (Å²) in [5.74, 6) is -0.403. The Hall–Kier alpha value is -3.45. The van der Waals surface area contributed by atoms with Crippen molar-refractivity contribution in [3.05, 3.63) is 65.7 Å². The molecule has 2 aromatic carbocycles. The molecule has 0 saturated carbocycles. The Bertz CT molecular complexity index is 1190. The van der Waals surface area contributed by atoms with Crippen LogP contribution in [0.4, 0.5) is 11.4 Å². The fourth-order valence-corrected chi connectivity index (χ4v) is 4.08. The van der Waals surface area contributed by atoms with Gasteiger partial charge < -0.3 is 15.2 Å². The first kappa shape index (κ1) is 18.9. The second kappa shape index (κ2) is 7.89. The molecule has 2 aromatic heterocycles. The molecule has 146 valence electrons. The highest BCUT2D eigenvalue weighted by Gasteiger charge is 2.16. The number of hydrogen-bond donors (Lipinski definition) is 2. The van der Waals surface area contributed by atoms with E-state index in [1.54, 1.807) is 29.6 Å². The van der Waals surface area contributed by atoms with Gasteiger partial charge in [-0.05, 0) is 43.3 Å². The normalized spacial score (nSPS) is 10.8. The van der Waals surface area contributed by atoms with Crippen LogP contribution in [0.25, 0.3) is 21.6 Å². The van der Waals surface area contributed by atoms with Crippen LogP contribution in [0.15, 0.2) is 60.0 Å². The predicted molar refractivity (Wildman–Crippen MR) is 117 cm³/mol. The largest absolute Gasteiger partial charge is 0.339 e. The first-order valence-corrected chi connectivity index (χ1v) is 10.2. The summed E-state index contributed by atoms with van der Waals surface area (Å²) in [4.78, 5) is 28.3. The molecule has 7 heteroatoms. The highest BCUT2D eigenvalue weighted by atomic mass is 32.1. The maximum Gasteiger partial charge on any atom is 0.275 e. The number of aromatic nitrogens is 2.